The molecule has 134 valence electrons. The number of aryl methyl sites for hydroxylation is 2. The van der Waals surface area contributed by atoms with Crippen LogP contribution in [0.2, 0.25) is 0 Å². The van der Waals surface area contributed by atoms with Gasteiger partial charge in [0.15, 0.2) is 0 Å². The van der Waals surface area contributed by atoms with E-state index in [1.807, 2.05) is 35.5 Å². The molecule has 0 N–H and O–H groups in total. The molecule has 0 radical (unpaired) electrons. The van der Waals surface area contributed by atoms with E-state index in [0.717, 1.165) is 43.2 Å². The largest absolute Gasteiger partial charge is 0.495 e. The number of anilines is 1. The normalized spacial score (nSPS) is 17.6. The van der Waals surface area contributed by atoms with Crippen molar-refractivity contribution in [3.63, 3.8) is 0 Å². The van der Waals surface area contributed by atoms with Gasteiger partial charge in [-0.15, -0.1) is 11.3 Å². The smallest absolute Gasteiger partial charge is 0.223 e. The summed E-state index contributed by atoms with van der Waals surface area (Å²) >= 11 is 1.64. The highest BCUT2D eigenvalue weighted by molar-refractivity contribution is 7.09. The van der Waals surface area contributed by atoms with Crippen molar-refractivity contribution in [2.75, 3.05) is 31.6 Å². The maximum Gasteiger partial charge on any atom is 0.223 e. The van der Waals surface area contributed by atoms with Crippen LogP contribution < -0.4 is 9.64 Å². The lowest BCUT2D eigenvalue weighted by Gasteiger charge is -2.41. The standard InChI is InChI=1S/C19H25N3O2S/c1-14-12-21(16-6-4-5-7-17(16)24-3)10-11-22(14)19(23)9-8-18-15(2)20-13-25-18/h4-7,13-14H,8-12H2,1-3H3/t14-/m0/s1. The number of aromatic nitrogens is 1. The van der Waals surface area contributed by atoms with E-state index in [0.29, 0.717) is 6.42 Å². The lowest BCUT2D eigenvalue weighted by Crippen LogP contribution is -2.54. The molecule has 2 heterocycles. The summed E-state index contributed by atoms with van der Waals surface area (Å²) in [6.45, 7) is 6.53. The number of thiazole rings is 1. The van der Waals surface area contributed by atoms with Crippen molar-refractivity contribution in [2.45, 2.75) is 32.7 Å². The average molecular weight is 359 g/mol. The van der Waals surface area contributed by atoms with Crippen molar-refractivity contribution in [1.29, 1.82) is 0 Å². The molecule has 2 aromatic rings. The average Bonchev–Trinajstić information content (AvgIpc) is 3.04. The maximum absolute atomic E-state index is 12.6. The Balaban J connectivity index is 1.59. The third-order valence-electron chi connectivity index (χ3n) is 4.78. The van der Waals surface area contributed by atoms with Gasteiger partial charge in [0.2, 0.25) is 5.91 Å². The van der Waals surface area contributed by atoms with Gasteiger partial charge in [-0.1, -0.05) is 12.1 Å². The Morgan fingerprint density at radius 3 is 2.84 bits per heavy atom. The second-order valence-electron chi connectivity index (χ2n) is 6.41. The Labute approximate surface area is 153 Å². The summed E-state index contributed by atoms with van der Waals surface area (Å²) in [5.41, 5.74) is 4.00. The van der Waals surface area contributed by atoms with Crippen LogP contribution in [-0.4, -0.2) is 48.6 Å². The minimum Gasteiger partial charge on any atom is -0.495 e. The van der Waals surface area contributed by atoms with Crippen molar-refractivity contribution in [3.8, 4) is 5.75 Å². The molecule has 0 aliphatic carbocycles. The van der Waals surface area contributed by atoms with Crippen LogP contribution in [0.15, 0.2) is 29.8 Å². The first-order valence-electron chi connectivity index (χ1n) is 8.66. The molecule has 0 spiro atoms. The van der Waals surface area contributed by atoms with Gasteiger partial charge in [-0.25, -0.2) is 4.98 Å². The molecule has 1 aromatic carbocycles. The molecule has 0 unspecified atom stereocenters. The van der Waals surface area contributed by atoms with Crippen LogP contribution in [0.3, 0.4) is 0 Å². The van der Waals surface area contributed by atoms with Crippen LogP contribution in [0.5, 0.6) is 5.75 Å². The maximum atomic E-state index is 12.6. The summed E-state index contributed by atoms with van der Waals surface area (Å²) < 4.78 is 5.47. The molecule has 1 atom stereocenters. The Morgan fingerprint density at radius 1 is 1.36 bits per heavy atom. The second-order valence-corrected chi connectivity index (χ2v) is 7.35. The molecule has 1 aliphatic rings. The summed E-state index contributed by atoms with van der Waals surface area (Å²) in [5.74, 6) is 1.12. The summed E-state index contributed by atoms with van der Waals surface area (Å²) in [4.78, 5) is 22.4. The highest BCUT2D eigenvalue weighted by Crippen LogP contribution is 2.29. The summed E-state index contributed by atoms with van der Waals surface area (Å²) in [7, 11) is 1.70. The van der Waals surface area contributed by atoms with Gasteiger partial charge in [-0.3, -0.25) is 4.79 Å². The van der Waals surface area contributed by atoms with Gasteiger partial charge in [-0.05, 0) is 32.4 Å². The van der Waals surface area contributed by atoms with E-state index in [1.165, 1.54) is 4.88 Å². The molecule has 6 heteroatoms. The number of methoxy groups -OCH3 is 1. The number of nitrogens with zero attached hydrogens (tertiary/aromatic N) is 3. The van der Waals surface area contributed by atoms with Crippen LogP contribution in [0.4, 0.5) is 5.69 Å². The molecule has 1 aliphatic heterocycles. The Kier molecular flexibility index (Phi) is 5.58. The van der Waals surface area contributed by atoms with E-state index in [-0.39, 0.29) is 11.9 Å². The van der Waals surface area contributed by atoms with Gasteiger partial charge in [0.05, 0.1) is 24.0 Å². The number of piperazine rings is 1. The van der Waals surface area contributed by atoms with Crippen molar-refractivity contribution in [2.24, 2.45) is 0 Å². The molecule has 3 rings (SSSR count). The van der Waals surface area contributed by atoms with Gasteiger partial charge in [0.1, 0.15) is 5.75 Å². The van der Waals surface area contributed by atoms with E-state index in [9.17, 15) is 4.79 Å². The van der Waals surface area contributed by atoms with Gasteiger partial charge in [0.25, 0.3) is 0 Å². The Morgan fingerprint density at radius 2 is 2.16 bits per heavy atom. The zero-order chi connectivity index (χ0) is 17.8. The van der Waals surface area contributed by atoms with Crippen molar-refractivity contribution in [3.05, 3.63) is 40.3 Å². The number of rotatable bonds is 5. The summed E-state index contributed by atoms with van der Waals surface area (Å²) in [5, 5.41) is 0. The number of ether oxygens (including phenoxy) is 1. The molecule has 1 amide bonds. The van der Waals surface area contributed by atoms with E-state index in [1.54, 1.807) is 18.4 Å². The zero-order valence-corrected chi connectivity index (χ0v) is 15.9. The van der Waals surface area contributed by atoms with E-state index >= 15 is 0 Å². The highest BCUT2D eigenvalue weighted by atomic mass is 32.1. The molecular formula is C19H25N3O2S. The molecule has 5 nitrogen and oxygen atoms in total. The first-order valence-corrected chi connectivity index (χ1v) is 9.54. The second kappa shape index (κ2) is 7.87. The van der Waals surface area contributed by atoms with Gasteiger partial charge < -0.3 is 14.5 Å². The zero-order valence-electron chi connectivity index (χ0n) is 15.1. The topological polar surface area (TPSA) is 45.7 Å². The van der Waals surface area contributed by atoms with Gasteiger partial charge in [0, 0.05) is 37.0 Å². The third kappa shape index (κ3) is 3.95. The van der Waals surface area contributed by atoms with Gasteiger partial charge >= 0.3 is 0 Å². The highest BCUT2D eigenvalue weighted by Gasteiger charge is 2.28. The lowest BCUT2D eigenvalue weighted by atomic mass is 10.1. The fraction of sp³-hybridized carbons (Fsp3) is 0.474. The quantitative estimate of drug-likeness (QED) is 0.823. The lowest BCUT2D eigenvalue weighted by molar-refractivity contribution is -0.133. The Bertz CT molecular complexity index is 731. The number of para-hydroxylation sites is 2. The molecule has 1 saturated heterocycles. The molecule has 0 saturated carbocycles. The fourth-order valence-corrected chi connectivity index (χ4v) is 4.15. The predicted molar refractivity (Wildman–Crippen MR) is 102 cm³/mol. The third-order valence-corrected chi connectivity index (χ3v) is 5.78. The van der Waals surface area contributed by atoms with Crippen LogP contribution in [-0.2, 0) is 11.2 Å². The van der Waals surface area contributed by atoms with E-state index in [4.69, 9.17) is 4.74 Å². The fourth-order valence-electron chi connectivity index (χ4n) is 3.37. The minimum atomic E-state index is 0.189. The SMILES string of the molecule is COc1ccccc1N1CCN(C(=O)CCc2scnc2C)[C@@H](C)C1. The van der Waals surface area contributed by atoms with Gasteiger partial charge in [-0.2, -0.15) is 0 Å². The predicted octanol–water partition coefficient (Wildman–Crippen LogP) is 3.13. The van der Waals surface area contributed by atoms with Crippen molar-refractivity contribution >= 4 is 22.9 Å². The van der Waals surface area contributed by atoms with Crippen molar-refractivity contribution < 1.29 is 9.53 Å². The number of carbonyl (C=O) groups excluding carboxylic acids is 1. The monoisotopic (exact) mass is 359 g/mol. The molecule has 25 heavy (non-hydrogen) atoms. The molecular weight excluding hydrogens is 334 g/mol. The Hall–Kier alpha value is -2.08. The van der Waals surface area contributed by atoms with Crippen molar-refractivity contribution in [1.82, 2.24) is 9.88 Å². The number of hydrogen-bond donors (Lipinski definition) is 0. The van der Waals surface area contributed by atoms with Crippen LogP contribution in [0, 0.1) is 6.92 Å². The summed E-state index contributed by atoms with van der Waals surface area (Å²) in [6, 6.07) is 8.25. The first kappa shape index (κ1) is 17.7. The van der Waals surface area contributed by atoms with E-state index < -0.39 is 0 Å². The summed E-state index contributed by atoms with van der Waals surface area (Å²) in [6.07, 6.45) is 1.34. The minimum absolute atomic E-state index is 0.189. The van der Waals surface area contributed by atoms with Crippen LogP contribution in [0.1, 0.15) is 23.9 Å². The van der Waals surface area contributed by atoms with E-state index in [2.05, 4.69) is 22.9 Å². The van der Waals surface area contributed by atoms with Crippen LogP contribution in [0.25, 0.3) is 0 Å². The number of carbonyl (C=O) groups is 1. The molecule has 1 fully saturated rings. The number of amides is 1. The molecule has 0 bridgehead atoms. The number of benzene rings is 1. The first-order chi connectivity index (χ1) is 12.1. The van der Waals surface area contributed by atoms with Crippen LogP contribution >= 0.6 is 11.3 Å². The molecule has 1 aromatic heterocycles. The number of hydrogen-bond acceptors (Lipinski definition) is 5.